The Morgan fingerprint density at radius 3 is 2.74 bits per heavy atom. The van der Waals surface area contributed by atoms with Crippen LogP contribution in [0.15, 0.2) is 48.2 Å². The molecule has 0 aromatic heterocycles. The SMILES string of the molecule is CCOc1ccc2c(c1)O/C(=C\c1cccc(O[C@@H](C)C(=O)OC)c1)C2=O. The summed E-state index contributed by atoms with van der Waals surface area (Å²) in [6.45, 7) is 4.03. The Hall–Kier alpha value is -3.28. The Morgan fingerprint density at radius 1 is 1.19 bits per heavy atom. The first-order valence-corrected chi connectivity index (χ1v) is 8.57. The lowest BCUT2D eigenvalue weighted by Gasteiger charge is -2.12. The molecular weight excluding hydrogens is 348 g/mol. The lowest BCUT2D eigenvalue weighted by Crippen LogP contribution is -2.24. The van der Waals surface area contributed by atoms with Crippen LogP contribution in [0, 0.1) is 0 Å². The average molecular weight is 368 g/mol. The fourth-order valence-corrected chi connectivity index (χ4v) is 2.67. The molecule has 0 unspecified atom stereocenters. The molecule has 1 aliphatic rings. The van der Waals surface area contributed by atoms with Crippen LogP contribution in [-0.2, 0) is 9.53 Å². The maximum atomic E-state index is 12.5. The number of ether oxygens (including phenoxy) is 4. The van der Waals surface area contributed by atoms with E-state index in [4.69, 9.17) is 14.2 Å². The molecule has 0 saturated heterocycles. The van der Waals surface area contributed by atoms with E-state index in [1.165, 1.54) is 7.11 Å². The van der Waals surface area contributed by atoms with E-state index in [2.05, 4.69) is 4.74 Å². The molecule has 140 valence electrons. The van der Waals surface area contributed by atoms with Gasteiger partial charge >= 0.3 is 5.97 Å². The number of ketones is 1. The van der Waals surface area contributed by atoms with E-state index < -0.39 is 12.1 Å². The van der Waals surface area contributed by atoms with Gasteiger partial charge in [0.2, 0.25) is 5.78 Å². The Bertz CT molecular complexity index is 899. The number of hydrogen-bond acceptors (Lipinski definition) is 6. The molecule has 0 saturated carbocycles. The van der Waals surface area contributed by atoms with Gasteiger partial charge < -0.3 is 18.9 Å². The van der Waals surface area contributed by atoms with Crippen LogP contribution >= 0.6 is 0 Å². The molecule has 3 rings (SSSR count). The molecule has 0 spiro atoms. The summed E-state index contributed by atoms with van der Waals surface area (Å²) in [5, 5.41) is 0. The zero-order chi connectivity index (χ0) is 19.4. The third-order valence-electron chi connectivity index (χ3n) is 3.95. The van der Waals surface area contributed by atoms with Crippen LogP contribution in [0.5, 0.6) is 17.2 Å². The number of rotatable bonds is 6. The highest BCUT2D eigenvalue weighted by Crippen LogP contribution is 2.35. The third-order valence-corrected chi connectivity index (χ3v) is 3.95. The number of fused-ring (bicyclic) bond motifs is 1. The van der Waals surface area contributed by atoms with Crippen LogP contribution in [0.2, 0.25) is 0 Å². The van der Waals surface area contributed by atoms with Crippen LogP contribution in [0.3, 0.4) is 0 Å². The average Bonchev–Trinajstić information content (AvgIpc) is 2.96. The van der Waals surface area contributed by atoms with Gasteiger partial charge in [-0.05, 0) is 49.8 Å². The number of hydrogen-bond donors (Lipinski definition) is 0. The molecule has 1 atom stereocenters. The van der Waals surface area contributed by atoms with E-state index in [1.807, 2.05) is 13.0 Å². The van der Waals surface area contributed by atoms with Crippen molar-refractivity contribution in [1.82, 2.24) is 0 Å². The van der Waals surface area contributed by atoms with Gasteiger partial charge in [-0.3, -0.25) is 4.79 Å². The minimum absolute atomic E-state index is 0.192. The van der Waals surface area contributed by atoms with Crippen LogP contribution in [0.25, 0.3) is 6.08 Å². The summed E-state index contributed by atoms with van der Waals surface area (Å²) in [5.41, 5.74) is 1.21. The fraction of sp³-hybridized carbons (Fsp3) is 0.238. The van der Waals surface area contributed by atoms with Gasteiger partial charge in [0.25, 0.3) is 0 Å². The lowest BCUT2D eigenvalue weighted by molar-refractivity contribution is -0.147. The Labute approximate surface area is 157 Å². The van der Waals surface area contributed by atoms with E-state index in [0.717, 1.165) is 0 Å². The summed E-state index contributed by atoms with van der Waals surface area (Å²) in [4.78, 5) is 24.0. The molecule has 2 aromatic rings. The summed E-state index contributed by atoms with van der Waals surface area (Å²) >= 11 is 0. The molecule has 27 heavy (non-hydrogen) atoms. The highest BCUT2D eigenvalue weighted by Gasteiger charge is 2.27. The van der Waals surface area contributed by atoms with Crippen LogP contribution in [0.1, 0.15) is 29.8 Å². The summed E-state index contributed by atoms with van der Waals surface area (Å²) in [6, 6.07) is 12.2. The number of methoxy groups -OCH3 is 1. The van der Waals surface area contributed by atoms with Crippen molar-refractivity contribution in [3.05, 3.63) is 59.4 Å². The second-order valence-corrected chi connectivity index (χ2v) is 5.89. The molecule has 1 heterocycles. The number of allylic oxidation sites excluding steroid dienone is 1. The Morgan fingerprint density at radius 2 is 2.00 bits per heavy atom. The van der Waals surface area contributed by atoms with E-state index >= 15 is 0 Å². The van der Waals surface area contributed by atoms with Crippen molar-refractivity contribution in [2.45, 2.75) is 20.0 Å². The summed E-state index contributed by atoms with van der Waals surface area (Å²) < 4.78 is 21.3. The van der Waals surface area contributed by atoms with Crippen LogP contribution in [0.4, 0.5) is 0 Å². The van der Waals surface area contributed by atoms with Gasteiger partial charge in [0.1, 0.15) is 17.2 Å². The molecule has 0 bridgehead atoms. The van der Waals surface area contributed by atoms with Crippen molar-refractivity contribution >= 4 is 17.8 Å². The van der Waals surface area contributed by atoms with Crippen molar-refractivity contribution in [2.75, 3.05) is 13.7 Å². The van der Waals surface area contributed by atoms with Gasteiger partial charge in [-0.2, -0.15) is 0 Å². The zero-order valence-electron chi connectivity index (χ0n) is 15.4. The van der Waals surface area contributed by atoms with Gasteiger partial charge in [-0.1, -0.05) is 12.1 Å². The van der Waals surface area contributed by atoms with Gasteiger partial charge in [-0.25, -0.2) is 4.79 Å². The van der Waals surface area contributed by atoms with E-state index in [-0.39, 0.29) is 11.5 Å². The normalized spacial score (nSPS) is 15.1. The predicted molar refractivity (Wildman–Crippen MR) is 99.1 cm³/mol. The van der Waals surface area contributed by atoms with E-state index in [1.54, 1.807) is 49.4 Å². The Kier molecular flexibility index (Phi) is 5.45. The minimum Gasteiger partial charge on any atom is -0.494 e. The van der Waals surface area contributed by atoms with Crippen molar-refractivity contribution < 1.29 is 28.5 Å². The quantitative estimate of drug-likeness (QED) is 0.573. The van der Waals surface area contributed by atoms with E-state index in [0.29, 0.717) is 35.0 Å². The molecule has 0 amide bonds. The number of carbonyl (C=O) groups is 2. The number of esters is 1. The van der Waals surface area contributed by atoms with Crippen LogP contribution in [-0.4, -0.2) is 31.6 Å². The first-order chi connectivity index (χ1) is 13.0. The summed E-state index contributed by atoms with van der Waals surface area (Å²) in [6.07, 6.45) is 0.904. The second kappa shape index (κ2) is 7.95. The number of benzene rings is 2. The number of carbonyl (C=O) groups excluding carboxylic acids is 2. The molecule has 6 heteroatoms. The monoisotopic (exact) mass is 368 g/mol. The topological polar surface area (TPSA) is 71.1 Å². The van der Waals surface area contributed by atoms with Crippen molar-refractivity contribution in [3.8, 4) is 17.2 Å². The summed E-state index contributed by atoms with van der Waals surface area (Å²) in [7, 11) is 1.31. The molecular formula is C21H20O6. The third kappa shape index (κ3) is 4.11. The van der Waals surface area contributed by atoms with Gasteiger partial charge in [0.15, 0.2) is 11.9 Å². The molecule has 6 nitrogen and oxygen atoms in total. The molecule has 0 fully saturated rings. The number of Topliss-reactive ketones (excluding diaryl/α,β-unsaturated/α-hetero) is 1. The molecule has 1 aliphatic heterocycles. The smallest absolute Gasteiger partial charge is 0.346 e. The lowest BCUT2D eigenvalue weighted by atomic mass is 10.1. The Balaban J connectivity index is 1.80. The standard InChI is InChI=1S/C21H20O6/c1-4-25-15-8-9-17-18(12-15)27-19(20(17)22)11-14-6-5-7-16(10-14)26-13(2)21(23)24-3/h5-13H,4H2,1-3H3/b19-11-/t13-/m0/s1. The zero-order valence-corrected chi connectivity index (χ0v) is 15.4. The van der Waals surface area contributed by atoms with Crippen LogP contribution < -0.4 is 14.2 Å². The first-order valence-electron chi connectivity index (χ1n) is 8.57. The van der Waals surface area contributed by atoms with Gasteiger partial charge in [0, 0.05) is 6.07 Å². The van der Waals surface area contributed by atoms with E-state index in [9.17, 15) is 9.59 Å². The first kappa shape index (κ1) is 18.5. The maximum absolute atomic E-state index is 12.5. The second-order valence-electron chi connectivity index (χ2n) is 5.89. The van der Waals surface area contributed by atoms with Crippen molar-refractivity contribution in [2.24, 2.45) is 0 Å². The maximum Gasteiger partial charge on any atom is 0.346 e. The highest BCUT2D eigenvalue weighted by molar-refractivity contribution is 6.14. The summed E-state index contributed by atoms with van der Waals surface area (Å²) in [5.74, 6) is 1.18. The van der Waals surface area contributed by atoms with Gasteiger partial charge in [-0.15, -0.1) is 0 Å². The fourth-order valence-electron chi connectivity index (χ4n) is 2.67. The van der Waals surface area contributed by atoms with Gasteiger partial charge in [0.05, 0.1) is 19.3 Å². The molecule has 0 radical (unpaired) electrons. The predicted octanol–water partition coefficient (Wildman–Crippen LogP) is 3.64. The highest BCUT2D eigenvalue weighted by atomic mass is 16.6. The minimum atomic E-state index is -0.733. The molecule has 0 aliphatic carbocycles. The molecule has 0 N–H and O–H groups in total. The largest absolute Gasteiger partial charge is 0.494 e. The van der Waals surface area contributed by atoms with Crippen molar-refractivity contribution in [3.63, 3.8) is 0 Å². The molecule has 2 aromatic carbocycles. The van der Waals surface area contributed by atoms with Crippen molar-refractivity contribution in [1.29, 1.82) is 0 Å².